The molecule has 1 N–H and O–H groups in total. The number of urea groups is 1. The van der Waals surface area contributed by atoms with Crippen LogP contribution in [0.2, 0.25) is 0 Å². The molecule has 2 unspecified atom stereocenters. The first kappa shape index (κ1) is 18.3. The lowest BCUT2D eigenvalue weighted by Gasteiger charge is -2.31. The summed E-state index contributed by atoms with van der Waals surface area (Å²) >= 11 is 0. The van der Waals surface area contributed by atoms with Crippen LogP contribution < -0.4 is 5.32 Å². The highest BCUT2D eigenvalue weighted by atomic mass is 19.1. The Morgan fingerprint density at radius 1 is 1.19 bits per heavy atom. The van der Waals surface area contributed by atoms with Gasteiger partial charge in [-0.1, -0.05) is 18.9 Å². The zero-order valence-corrected chi connectivity index (χ0v) is 14.8. The first-order valence-corrected chi connectivity index (χ1v) is 8.98. The maximum absolute atomic E-state index is 14.0. The summed E-state index contributed by atoms with van der Waals surface area (Å²) in [6.45, 7) is 2.35. The van der Waals surface area contributed by atoms with E-state index in [0.29, 0.717) is 6.54 Å². The van der Waals surface area contributed by atoms with Gasteiger partial charge in [-0.3, -0.25) is 4.98 Å². The van der Waals surface area contributed by atoms with Crippen molar-refractivity contribution in [1.29, 1.82) is 0 Å². The van der Waals surface area contributed by atoms with E-state index in [2.05, 4.69) is 10.3 Å². The number of amides is 2. The fraction of sp³-hybridized carbons (Fsp3) is 0.400. The Hall–Kier alpha value is -2.50. The van der Waals surface area contributed by atoms with Gasteiger partial charge < -0.3 is 10.2 Å². The normalized spacial score (nSPS) is 18.9. The van der Waals surface area contributed by atoms with Crippen molar-refractivity contribution in [1.82, 2.24) is 15.2 Å². The van der Waals surface area contributed by atoms with E-state index in [1.54, 1.807) is 19.3 Å². The average molecular weight is 359 g/mol. The third kappa shape index (κ3) is 4.18. The van der Waals surface area contributed by atoms with Crippen LogP contribution >= 0.6 is 0 Å². The van der Waals surface area contributed by atoms with Gasteiger partial charge >= 0.3 is 6.03 Å². The second-order valence-electron chi connectivity index (χ2n) is 6.68. The summed E-state index contributed by atoms with van der Waals surface area (Å²) in [7, 11) is 0. The Balaban J connectivity index is 1.77. The summed E-state index contributed by atoms with van der Waals surface area (Å²) in [4.78, 5) is 18.8. The number of rotatable bonds is 3. The first-order valence-electron chi connectivity index (χ1n) is 8.98. The molecule has 1 aliphatic heterocycles. The number of hydrogen-bond acceptors (Lipinski definition) is 2. The maximum atomic E-state index is 14.0. The molecule has 0 saturated carbocycles. The molecule has 0 bridgehead atoms. The SMILES string of the molecule is CC(NC(=O)N1CCCCCC1c1ccncc1)c1ccc(F)cc1F. The molecule has 1 fully saturated rings. The van der Waals surface area contributed by atoms with Gasteiger partial charge in [0, 0.05) is 30.6 Å². The summed E-state index contributed by atoms with van der Waals surface area (Å²) in [5, 5.41) is 2.86. The van der Waals surface area contributed by atoms with Crippen LogP contribution in [0, 0.1) is 11.6 Å². The van der Waals surface area contributed by atoms with E-state index >= 15 is 0 Å². The topological polar surface area (TPSA) is 45.2 Å². The molecule has 0 aliphatic carbocycles. The van der Waals surface area contributed by atoms with Crippen molar-refractivity contribution in [3.05, 3.63) is 65.5 Å². The van der Waals surface area contributed by atoms with E-state index in [1.165, 1.54) is 12.1 Å². The number of carbonyl (C=O) groups is 1. The molecular formula is C20H23F2N3O. The summed E-state index contributed by atoms with van der Waals surface area (Å²) < 4.78 is 27.1. The maximum Gasteiger partial charge on any atom is 0.318 e. The van der Waals surface area contributed by atoms with E-state index in [1.807, 2.05) is 17.0 Å². The number of nitrogens with zero attached hydrogens (tertiary/aromatic N) is 2. The van der Waals surface area contributed by atoms with Gasteiger partial charge in [-0.05, 0) is 43.5 Å². The fourth-order valence-corrected chi connectivity index (χ4v) is 3.48. The van der Waals surface area contributed by atoms with Gasteiger partial charge in [0.15, 0.2) is 0 Å². The third-order valence-corrected chi connectivity index (χ3v) is 4.87. The van der Waals surface area contributed by atoms with Crippen LogP contribution in [0.1, 0.15) is 55.8 Å². The zero-order valence-electron chi connectivity index (χ0n) is 14.8. The molecule has 0 spiro atoms. The van der Waals surface area contributed by atoms with Crippen LogP contribution in [0.15, 0.2) is 42.7 Å². The molecule has 6 heteroatoms. The smallest absolute Gasteiger partial charge is 0.318 e. The monoisotopic (exact) mass is 359 g/mol. The Morgan fingerprint density at radius 3 is 2.69 bits per heavy atom. The Bertz CT molecular complexity index is 754. The largest absolute Gasteiger partial charge is 0.331 e. The highest BCUT2D eigenvalue weighted by molar-refractivity contribution is 5.75. The van der Waals surface area contributed by atoms with Crippen molar-refractivity contribution in [2.75, 3.05) is 6.54 Å². The molecule has 2 atom stereocenters. The molecule has 3 rings (SSSR count). The van der Waals surface area contributed by atoms with Gasteiger partial charge in [0.05, 0.1) is 12.1 Å². The second kappa shape index (κ2) is 8.25. The molecule has 138 valence electrons. The Kier molecular flexibility index (Phi) is 5.81. The van der Waals surface area contributed by atoms with Crippen molar-refractivity contribution < 1.29 is 13.6 Å². The summed E-state index contributed by atoms with van der Waals surface area (Å²) in [6.07, 6.45) is 7.41. The molecular weight excluding hydrogens is 336 g/mol. The van der Waals surface area contributed by atoms with Crippen LogP contribution in [0.4, 0.5) is 13.6 Å². The lowest BCUT2D eigenvalue weighted by atomic mass is 10.0. The fourth-order valence-electron chi connectivity index (χ4n) is 3.48. The third-order valence-electron chi connectivity index (χ3n) is 4.87. The number of nitrogens with one attached hydrogen (secondary N) is 1. The molecule has 1 saturated heterocycles. The van der Waals surface area contributed by atoms with Gasteiger partial charge in [0.1, 0.15) is 11.6 Å². The van der Waals surface area contributed by atoms with Crippen LogP contribution in [0.5, 0.6) is 0 Å². The number of pyridine rings is 1. The molecule has 1 aliphatic rings. The second-order valence-corrected chi connectivity index (χ2v) is 6.68. The zero-order chi connectivity index (χ0) is 18.5. The minimum Gasteiger partial charge on any atom is -0.331 e. The van der Waals surface area contributed by atoms with E-state index in [9.17, 15) is 13.6 Å². The van der Waals surface area contributed by atoms with Crippen molar-refractivity contribution in [3.63, 3.8) is 0 Å². The van der Waals surface area contributed by atoms with Crippen LogP contribution in [0.25, 0.3) is 0 Å². The number of hydrogen-bond donors (Lipinski definition) is 1. The number of halogens is 2. The van der Waals surface area contributed by atoms with Gasteiger partial charge in [0.25, 0.3) is 0 Å². The molecule has 0 radical (unpaired) electrons. The molecule has 2 amide bonds. The molecule has 1 aromatic carbocycles. The number of carbonyl (C=O) groups excluding carboxylic acids is 1. The number of aromatic nitrogens is 1. The summed E-state index contributed by atoms with van der Waals surface area (Å²) in [6, 6.07) is 6.47. The quantitative estimate of drug-likeness (QED) is 0.860. The highest BCUT2D eigenvalue weighted by Crippen LogP contribution is 2.30. The van der Waals surface area contributed by atoms with E-state index in [0.717, 1.165) is 37.3 Å². The molecule has 26 heavy (non-hydrogen) atoms. The van der Waals surface area contributed by atoms with E-state index in [-0.39, 0.29) is 17.6 Å². The van der Waals surface area contributed by atoms with Gasteiger partial charge in [0.2, 0.25) is 0 Å². The number of benzene rings is 1. The minimum absolute atomic E-state index is 0.0224. The van der Waals surface area contributed by atoms with Gasteiger partial charge in [-0.2, -0.15) is 0 Å². The first-order chi connectivity index (χ1) is 12.6. The molecule has 2 heterocycles. The number of likely N-dealkylation sites (tertiary alicyclic amines) is 1. The van der Waals surface area contributed by atoms with Crippen molar-refractivity contribution in [2.24, 2.45) is 0 Å². The van der Waals surface area contributed by atoms with Crippen LogP contribution in [0.3, 0.4) is 0 Å². The van der Waals surface area contributed by atoms with Crippen molar-refractivity contribution >= 4 is 6.03 Å². The molecule has 1 aromatic heterocycles. The lowest BCUT2D eigenvalue weighted by molar-refractivity contribution is 0.172. The van der Waals surface area contributed by atoms with Gasteiger partial charge in [-0.15, -0.1) is 0 Å². The summed E-state index contributed by atoms with van der Waals surface area (Å²) in [5.74, 6) is -1.28. The lowest BCUT2D eigenvalue weighted by Crippen LogP contribution is -2.43. The standard InChI is InChI=1S/C20H23F2N3O/c1-14(17-7-6-16(21)13-18(17)22)24-20(26)25-12-4-2-3-5-19(25)15-8-10-23-11-9-15/h6-11,13-14,19H,2-5,12H2,1H3,(H,24,26). The predicted octanol–water partition coefficient (Wildman–Crippen LogP) is 4.75. The Morgan fingerprint density at radius 2 is 1.96 bits per heavy atom. The Labute approximate surface area is 152 Å². The molecule has 2 aromatic rings. The highest BCUT2D eigenvalue weighted by Gasteiger charge is 2.28. The van der Waals surface area contributed by atoms with Gasteiger partial charge in [-0.25, -0.2) is 13.6 Å². The van der Waals surface area contributed by atoms with Crippen LogP contribution in [-0.4, -0.2) is 22.5 Å². The van der Waals surface area contributed by atoms with E-state index < -0.39 is 17.7 Å². The predicted molar refractivity (Wildman–Crippen MR) is 95.5 cm³/mol. The van der Waals surface area contributed by atoms with Crippen molar-refractivity contribution in [2.45, 2.75) is 44.7 Å². The minimum atomic E-state index is -0.653. The van der Waals surface area contributed by atoms with Crippen LogP contribution in [-0.2, 0) is 0 Å². The average Bonchev–Trinajstić information content (AvgIpc) is 2.88. The van der Waals surface area contributed by atoms with E-state index in [4.69, 9.17) is 0 Å². The summed E-state index contributed by atoms with van der Waals surface area (Å²) in [5.41, 5.74) is 1.33. The molecule has 4 nitrogen and oxygen atoms in total. The van der Waals surface area contributed by atoms with Crippen molar-refractivity contribution in [3.8, 4) is 0 Å².